The van der Waals surface area contributed by atoms with Gasteiger partial charge in [0.1, 0.15) is 0 Å². The number of methoxy groups -OCH3 is 2. The lowest BCUT2D eigenvalue weighted by Gasteiger charge is -2.54. The number of hydrogen-bond donors (Lipinski definition) is 0. The quantitative estimate of drug-likeness (QED) is 0.731. The smallest absolute Gasteiger partial charge is 0.0662 e. The van der Waals surface area contributed by atoms with Crippen LogP contribution in [-0.4, -0.2) is 37.6 Å². The van der Waals surface area contributed by atoms with Crippen molar-refractivity contribution in [3.8, 4) is 0 Å². The third kappa shape index (κ3) is 8.18. The fourth-order valence-electron chi connectivity index (χ4n) is 2.74. The van der Waals surface area contributed by atoms with Crippen molar-refractivity contribution in [3.63, 3.8) is 0 Å². The minimum Gasteiger partial charge on any atom is -0.382 e. The molecule has 21 heavy (non-hydrogen) atoms. The predicted octanol–water partition coefficient (Wildman–Crippen LogP) is 4.83. The lowest BCUT2D eigenvalue weighted by atomic mass is 9.69. The van der Waals surface area contributed by atoms with Crippen molar-refractivity contribution in [3.05, 3.63) is 0 Å². The van der Waals surface area contributed by atoms with E-state index in [-0.39, 0.29) is 11.2 Å². The van der Waals surface area contributed by atoms with Crippen LogP contribution in [0.2, 0.25) is 0 Å². The fourth-order valence-corrected chi connectivity index (χ4v) is 2.74. The van der Waals surface area contributed by atoms with Gasteiger partial charge in [0.25, 0.3) is 0 Å². The Morgan fingerprint density at radius 1 is 0.857 bits per heavy atom. The second-order valence-electron chi connectivity index (χ2n) is 7.50. The van der Waals surface area contributed by atoms with Gasteiger partial charge in [0.15, 0.2) is 0 Å². The maximum Gasteiger partial charge on any atom is 0.0662 e. The molecular formula is C18H38O3. The first-order valence-electron chi connectivity index (χ1n) is 8.32. The Labute approximate surface area is 132 Å². The summed E-state index contributed by atoms with van der Waals surface area (Å²) in [5, 5.41) is 0. The first kappa shape index (κ1) is 20.9. The minimum absolute atomic E-state index is 0.158. The van der Waals surface area contributed by atoms with Gasteiger partial charge >= 0.3 is 0 Å². The van der Waals surface area contributed by atoms with E-state index in [1.165, 1.54) is 25.7 Å². The molecule has 3 fully saturated rings. The van der Waals surface area contributed by atoms with Crippen LogP contribution in [0, 0.1) is 5.92 Å². The summed E-state index contributed by atoms with van der Waals surface area (Å²) >= 11 is 0. The molecule has 128 valence electrons. The zero-order valence-corrected chi connectivity index (χ0v) is 15.8. The van der Waals surface area contributed by atoms with Crippen molar-refractivity contribution >= 4 is 0 Å². The summed E-state index contributed by atoms with van der Waals surface area (Å²) in [6.07, 6.45) is 6.08. The first-order chi connectivity index (χ1) is 9.56. The van der Waals surface area contributed by atoms with Crippen LogP contribution >= 0.6 is 0 Å². The van der Waals surface area contributed by atoms with Gasteiger partial charge in [0.2, 0.25) is 0 Å². The topological polar surface area (TPSA) is 27.7 Å². The number of hydrogen-bond acceptors (Lipinski definition) is 3. The van der Waals surface area contributed by atoms with Crippen molar-refractivity contribution in [2.45, 2.75) is 97.6 Å². The summed E-state index contributed by atoms with van der Waals surface area (Å²) in [6.45, 7) is 14.8. The predicted molar refractivity (Wildman–Crippen MR) is 89.8 cm³/mol. The van der Waals surface area contributed by atoms with Crippen molar-refractivity contribution in [1.29, 1.82) is 0 Å². The maximum atomic E-state index is 6.06. The molecule has 3 rings (SSSR count). The molecule has 3 aliphatic rings. The highest BCUT2D eigenvalue weighted by Gasteiger charge is 2.47. The summed E-state index contributed by atoms with van der Waals surface area (Å²) in [5.74, 6) is 0.823. The van der Waals surface area contributed by atoms with Gasteiger partial charge in [0, 0.05) is 14.2 Å². The average Bonchev–Trinajstić information content (AvgIpc) is 2.38. The highest BCUT2D eigenvalue weighted by molar-refractivity contribution is 4.97. The molecule has 0 atom stereocenters. The largest absolute Gasteiger partial charge is 0.382 e. The van der Waals surface area contributed by atoms with Gasteiger partial charge in [-0.2, -0.15) is 0 Å². The van der Waals surface area contributed by atoms with Crippen LogP contribution in [0.1, 0.15) is 74.1 Å². The van der Waals surface area contributed by atoms with Crippen LogP contribution in [0.4, 0.5) is 0 Å². The molecule has 0 unspecified atom stereocenters. The zero-order chi connectivity index (χ0) is 16.7. The van der Waals surface area contributed by atoms with Gasteiger partial charge in [-0.1, -0.05) is 0 Å². The number of rotatable bonds is 2. The maximum absolute atomic E-state index is 6.06. The summed E-state index contributed by atoms with van der Waals surface area (Å²) in [5.41, 5.74) is 0.378. The molecule has 2 saturated heterocycles. The summed E-state index contributed by atoms with van der Waals surface area (Å²) < 4.78 is 15.6. The van der Waals surface area contributed by atoms with E-state index in [1.807, 2.05) is 27.7 Å². The van der Waals surface area contributed by atoms with Crippen LogP contribution in [0.25, 0.3) is 0 Å². The molecule has 3 nitrogen and oxygen atoms in total. The SMILES string of the molecule is CC12CCC(CC1)C(C)(C)O2.COC(C)C.COC(C)C. The van der Waals surface area contributed by atoms with E-state index in [0.29, 0.717) is 12.2 Å². The Balaban J connectivity index is 0.000000340. The summed E-state index contributed by atoms with van der Waals surface area (Å²) in [7, 11) is 3.40. The van der Waals surface area contributed by atoms with Crippen LogP contribution in [0.3, 0.4) is 0 Å². The van der Waals surface area contributed by atoms with Crippen LogP contribution in [0.5, 0.6) is 0 Å². The average molecular weight is 302 g/mol. The Kier molecular flexibility index (Phi) is 9.06. The normalized spacial score (nSPS) is 29.6. The Bertz CT molecular complexity index is 253. The van der Waals surface area contributed by atoms with E-state index in [0.717, 1.165) is 5.92 Å². The molecule has 0 amide bonds. The number of ether oxygens (including phenoxy) is 3. The fraction of sp³-hybridized carbons (Fsp3) is 1.00. The standard InChI is InChI=1S/C10H18O.2C4H10O/c1-9(2)8-4-6-10(3,11-9)7-5-8;2*1-4(2)5-3/h8H,4-7H2,1-3H3;2*4H,1-3H3. The third-order valence-electron chi connectivity index (χ3n) is 4.48. The molecule has 1 saturated carbocycles. The molecule has 3 heteroatoms. The van der Waals surface area contributed by atoms with Crippen LogP contribution in [0.15, 0.2) is 0 Å². The van der Waals surface area contributed by atoms with Crippen molar-refractivity contribution in [1.82, 2.24) is 0 Å². The second kappa shape index (κ2) is 9.12. The van der Waals surface area contributed by atoms with Crippen molar-refractivity contribution in [2.75, 3.05) is 14.2 Å². The first-order valence-corrected chi connectivity index (χ1v) is 8.32. The molecule has 0 N–H and O–H groups in total. The van der Waals surface area contributed by atoms with Gasteiger partial charge < -0.3 is 14.2 Å². The van der Waals surface area contributed by atoms with E-state index in [1.54, 1.807) is 14.2 Å². The molecule has 0 aromatic heterocycles. The monoisotopic (exact) mass is 302 g/mol. The molecule has 1 aliphatic carbocycles. The van der Waals surface area contributed by atoms with E-state index in [4.69, 9.17) is 14.2 Å². The lowest BCUT2D eigenvalue weighted by Crippen LogP contribution is -2.53. The van der Waals surface area contributed by atoms with Gasteiger partial charge in [-0.3, -0.25) is 0 Å². The van der Waals surface area contributed by atoms with Gasteiger partial charge in [-0.05, 0) is 80.1 Å². The van der Waals surface area contributed by atoms with E-state index >= 15 is 0 Å². The molecular weight excluding hydrogens is 264 g/mol. The summed E-state index contributed by atoms with van der Waals surface area (Å²) in [6, 6.07) is 0. The molecule has 0 radical (unpaired) electrons. The summed E-state index contributed by atoms with van der Waals surface area (Å²) in [4.78, 5) is 0. The van der Waals surface area contributed by atoms with E-state index in [9.17, 15) is 0 Å². The Hall–Kier alpha value is -0.120. The van der Waals surface area contributed by atoms with Gasteiger partial charge in [-0.15, -0.1) is 0 Å². The molecule has 0 aromatic carbocycles. The molecule has 2 aliphatic heterocycles. The molecule has 2 heterocycles. The third-order valence-corrected chi connectivity index (χ3v) is 4.48. The van der Waals surface area contributed by atoms with E-state index in [2.05, 4.69) is 20.8 Å². The van der Waals surface area contributed by atoms with Crippen LogP contribution < -0.4 is 0 Å². The Morgan fingerprint density at radius 3 is 1.33 bits per heavy atom. The highest BCUT2D eigenvalue weighted by atomic mass is 16.5. The lowest BCUT2D eigenvalue weighted by molar-refractivity contribution is -0.229. The molecule has 0 spiro atoms. The minimum atomic E-state index is 0.158. The zero-order valence-electron chi connectivity index (χ0n) is 15.8. The Morgan fingerprint density at radius 2 is 1.19 bits per heavy atom. The molecule has 2 bridgehead atoms. The van der Waals surface area contributed by atoms with Gasteiger partial charge in [0.05, 0.1) is 23.4 Å². The van der Waals surface area contributed by atoms with Crippen molar-refractivity contribution in [2.24, 2.45) is 5.92 Å². The van der Waals surface area contributed by atoms with Gasteiger partial charge in [-0.25, -0.2) is 0 Å². The second-order valence-corrected chi connectivity index (χ2v) is 7.50. The van der Waals surface area contributed by atoms with Crippen LogP contribution in [-0.2, 0) is 14.2 Å². The molecule has 0 aromatic rings. The van der Waals surface area contributed by atoms with Crippen molar-refractivity contribution < 1.29 is 14.2 Å². The highest BCUT2D eigenvalue weighted by Crippen LogP contribution is 2.49. The van der Waals surface area contributed by atoms with E-state index < -0.39 is 0 Å². The number of fused-ring (bicyclic) bond motifs is 3.